The van der Waals surface area contributed by atoms with Crippen molar-refractivity contribution >= 4 is 5.57 Å². The highest BCUT2D eigenvalue weighted by Gasteiger charge is 1.99. The van der Waals surface area contributed by atoms with E-state index in [-0.39, 0.29) is 0 Å². The summed E-state index contributed by atoms with van der Waals surface area (Å²) in [4.78, 5) is 4.29. The average Bonchev–Trinajstić information content (AvgIpc) is 2.08. The summed E-state index contributed by atoms with van der Waals surface area (Å²) in [7, 11) is 0. The lowest BCUT2D eigenvalue weighted by atomic mass is 10.1. The van der Waals surface area contributed by atoms with Gasteiger partial charge >= 0.3 is 0 Å². The Labute approximate surface area is 74.2 Å². The molecule has 0 fully saturated rings. The Morgan fingerprint density at radius 2 is 2.17 bits per heavy atom. The van der Waals surface area contributed by atoms with Crippen molar-refractivity contribution in [2.24, 2.45) is 0 Å². The Morgan fingerprint density at radius 3 is 2.67 bits per heavy atom. The molecule has 1 heteroatoms. The molecule has 0 bridgehead atoms. The minimum absolute atomic E-state index is 0.990. The van der Waals surface area contributed by atoms with Crippen LogP contribution in [-0.2, 0) is 0 Å². The summed E-state index contributed by atoms with van der Waals surface area (Å²) in [6, 6.07) is 2.15. The van der Waals surface area contributed by atoms with Crippen LogP contribution in [0.3, 0.4) is 0 Å². The maximum atomic E-state index is 4.29. The van der Waals surface area contributed by atoms with Crippen molar-refractivity contribution in [3.63, 3.8) is 0 Å². The molecule has 0 amide bonds. The van der Waals surface area contributed by atoms with Crippen LogP contribution in [0.5, 0.6) is 0 Å². The third-order valence-corrected chi connectivity index (χ3v) is 2.18. The fourth-order valence-corrected chi connectivity index (χ4v) is 1.04. The number of aryl methyl sites for hydroxylation is 2. The summed E-state index contributed by atoms with van der Waals surface area (Å²) in [6.45, 7) is 10.2. The van der Waals surface area contributed by atoms with Gasteiger partial charge in [0.1, 0.15) is 0 Å². The molecular weight excluding hydrogens is 146 g/mol. The molecule has 12 heavy (non-hydrogen) atoms. The van der Waals surface area contributed by atoms with Crippen LogP contribution in [0.25, 0.3) is 5.57 Å². The van der Waals surface area contributed by atoms with Crippen LogP contribution in [0.15, 0.2) is 18.8 Å². The van der Waals surface area contributed by atoms with Gasteiger partial charge in [-0.3, -0.25) is 4.98 Å². The van der Waals surface area contributed by atoms with E-state index < -0.39 is 0 Å². The number of rotatable bonds is 2. The van der Waals surface area contributed by atoms with Crippen LogP contribution >= 0.6 is 0 Å². The first-order chi connectivity index (χ1) is 5.65. The van der Waals surface area contributed by atoms with Gasteiger partial charge in [0.25, 0.3) is 0 Å². The molecule has 0 atom stereocenters. The third-order valence-electron chi connectivity index (χ3n) is 2.18. The smallest absolute Gasteiger partial charge is 0.0402 e. The first kappa shape index (κ1) is 8.98. The minimum atomic E-state index is 0.990. The summed E-state index contributed by atoms with van der Waals surface area (Å²) >= 11 is 0. The van der Waals surface area contributed by atoms with Gasteiger partial charge in [0.2, 0.25) is 0 Å². The predicted molar refractivity (Wildman–Crippen MR) is 53.0 cm³/mol. The fourth-order valence-electron chi connectivity index (χ4n) is 1.04. The molecule has 64 valence electrons. The molecular formula is C11H15N. The summed E-state index contributed by atoms with van der Waals surface area (Å²) in [5, 5.41) is 0. The lowest BCUT2D eigenvalue weighted by molar-refractivity contribution is 1.13. The molecule has 0 spiro atoms. The van der Waals surface area contributed by atoms with Crippen LogP contribution in [0, 0.1) is 13.8 Å². The van der Waals surface area contributed by atoms with Crippen molar-refractivity contribution < 1.29 is 0 Å². The zero-order chi connectivity index (χ0) is 9.14. The first-order valence-corrected chi connectivity index (χ1v) is 4.26. The highest BCUT2D eigenvalue weighted by atomic mass is 14.7. The van der Waals surface area contributed by atoms with Gasteiger partial charge in [-0.25, -0.2) is 0 Å². The van der Waals surface area contributed by atoms with Gasteiger partial charge in [-0.05, 0) is 43.0 Å². The summed E-state index contributed by atoms with van der Waals surface area (Å²) < 4.78 is 0. The van der Waals surface area contributed by atoms with Gasteiger partial charge < -0.3 is 0 Å². The first-order valence-electron chi connectivity index (χ1n) is 4.26. The molecule has 1 aromatic heterocycles. The lowest BCUT2D eigenvalue weighted by Gasteiger charge is -2.04. The van der Waals surface area contributed by atoms with E-state index in [1.165, 1.54) is 11.1 Å². The van der Waals surface area contributed by atoms with Gasteiger partial charge in [-0.15, -0.1) is 0 Å². The summed E-state index contributed by atoms with van der Waals surface area (Å²) in [5.74, 6) is 0. The highest BCUT2D eigenvalue weighted by molar-refractivity contribution is 5.62. The van der Waals surface area contributed by atoms with Gasteiger partial charge in [-0.1, -0.05) is 13.5 Å². The zero-order valence-electron chi connectivity index (χ0n) is 8.02. The molecule has 0 N–H and O–H groups in total. The fraction of sp³-hybridized carbons (Fsp3) is 0.364. The van der Waals surface area contributed by atoms with Crippen LogP contribution < -0.4 is 0 Å². The lowest BCUT2D eigenvalue weighted by Crippen LogP contribution is -1.90. The second-order valence-corrected chi connectivity index (χ2v) is 3.08. The van der Waals surface area contributed by atoms with Gasteiger partial charge in [0.15, 0.2) is 0 Å². The molecule has 1 rings (SSSR count). The SMILES string of the molecule is C=C(CC)c1cnc(C)c(C)c1. The standard InChI is InChI=1S/C11H15N/c1-5-8(2)11-6-9(3)10(4)12-7-11/h6-7H,2,5H2,1,3-4H3. The Balaban J connectivity index is 3.05. The van der Waals surface area contributed by atoms with Crippen molar-refractivity contribution in [3.05, 3.63) is 35.7 Å². The third kappa shape index (κ3) is 1.73. The minimum Gasteiger partial charge on any atom is -0.261 e. The molecule has 0 saturated heterocycles. The maximum Gasteiger partial charge on any atom is 0.0402 e. The van der Waals surface area contributed by atoms with Gasteiger partial charge in [0.05, 0.1) is 0 Å². The maximum absolute atomic E-state index is 4.29. The Bertz CT molecular complexity index is 300. The summed E-state index contributed by atoms with van der Waals surface area (Å²) in [6.07, 6.45) is 2.89. The van der Waals surface area contributed by atoms with Crippen LogP contribution in [-0.4, -0.2) is 4.98 Å². The van der Waals surface area contributed by atoms with Gasteiger partial charge in [-0.2, -0.15) is 0 Å². The van der Waals surface area contributed by atoms with E-state index >= 15 is 0 Å². The normalized spacial score (nSPS) is 9.92. The van der Waals surface area contributed by atoms with Crippen LogP contribution in [0.4, 0.5) is 0 Å². The summed E-state index contributed by atoms with van der Waals surface area (Å²) in [5.41, 5.74) is 4.66. The van der Waals surface area contributed by atoms with E-state index in [9.17, 15) is 0 Å². The number of allylic oxidation sites excluding steroid dienone is 1. The number of aromatic nitrogens is 1. The van der Waals surface area contributed by atoms with Crippen molar-refractivity contribution in [2.45, 2.75) is 27.2 Å². The number of hydrogen-bond donors (Lipinski definition) is 0. The Hall–Kier alpha value is -1.11. The molecule has 1 nitrogen and oxygen atoms in total. The van der Waals surface area contributed by atoms with E-state index in [2.05, 4.69) is 31.5 Å². The number of hydrogen-bond acceptors (Lipinski definition) is 1. The molecule has 1 aromatic rings. The molecule has 1 heterocycles. The quantitative estimate of drug-likeness (QED) is 0.649. The number of nitrogens with zero attached hydrogens (tertiary/aromatic N) is 1. The van der Waals surface area contributed by atoms with Crippen molar-refractivity contribution in [3.8, 4) is 0 Å². The van der Waals surface area contributed by atoms with E-state index in [0.29, 0.717) is 0 Å². The van der Waals surface area contributed by atoms with Crippen molar-refractivity contribution in [1.82, 2.24) is 4.98 Å². The topological polar surface area (TPSA) is 12.9 Å². The molecule has 0 saturated carbocycles. The Kier molecular flexibility index (Phi) is 2.64. The second-order valence-electron chi connectivity index (χ2n) is 3.08. The molecule has 0 aliphatic rings. The predicted octanol–water partition coefficient (Wildman–Crippen LogP) is 3.12. The van der Waals surface area contributed by atoms with Crippen molar-refractivity contribution in [1.29, 1.82) is 0 Å². The monoisotopic (exact) mass is 161 g/mol. The molecule has 0 aromatic carbocycles. The largest absolute Gasteiger partial charge is 0.261 e. The Morgan fingerprint density at radius 1 is 1.50 bits per heavy atom. The van der Waals surface area contributed by atoms with Crippen molar-refractivity contribution in [2.75, 3.05) is 0 Å². The van der Waals surface area contributed by atoms with Crippen LogP contribution in [0.2, 0.25) is 0 Å². The number of pyridine rings is 1. The van der Waals surface area contributed by atoms with E-state index in [1.54, 1.807) is 0 Å². The van der Waals surface area contributed by atoms with E-state index in [1.807, 2.05) is 13.1 Å². The molecule has 0 unspecified atom stereocenters. The van der Waals surface area contributed by atoms with Crippen LogP contribution in [0.1, 0.15) is 30.2 Å². The molecule has 0 aliphatic heterocycles. The highest BCUT2D eigenvalue weighted by Crippen LogP contribution is 2.16. The van der Waals surface area contributed by atoms with Gasteiger partial charge in [0, 0.05) is 11.9 Å². The van der Waals surface area contributed by atoms with E-state index in [0.717, 1.165) is 17.7 Å². The second kappa shape index (κ2) is 3.53. The van der Waals surface area contributed by atoms with E-state index in [4.69, 9.17) is 0 Å². The molecule has 0 radical (unpaired) electrons. The zero-order valence-corrected chi connectivity index (χ0v) is 8.02. The average molecular weight is 161 g/mol. The molecule has 0 aliphatic carbocycles.